The average Bonchev–Trinajstić information content (AvgIpc) is 2.43. The molecule has 0 spiro atoms. The van der Waals surface area contributed by atoms with Gasteiger partial charge in [0, 0.05) is 18.8 Å². The fourth-order valence-electron chi connectivity index (χ4n) is 1.73. The van der Waals surface area contributed by atoms with Crippen LogP contribution < -0.4 is 10.6 Å². The average molecular weight is 278 g/mol. The highest BCUT2D eigenvalue weighted by molar-refractivity contribution is 6.39. The van der Waals surface area contributed by atoms with Gasteiger partial charge in [-0.25, -0.2) is 4.98 Å². The van der Waals surface area contributed by atoms with E-state index in [0.717, 1.165) is 25.3 Å². The van der Waals surface area contributed by atoms with Gasteiger partial charge in [0.05, 0.1) is 0 Å². The number of nitrogens with zero attached hydrogens (tertiary/aromatic N) is 2. The Morgan fingerprint density at radius 1 is 1.20 bits per heavy atom. The molecule has 0 saturated carbocycles. The molecule has 1 heterocycles. The molecule has 1 aromatic rings. The number of hydrogen-bond acceptors (Lipinski definition) is 4. The summed E-state index contributed by atoms with van der Waals surface area (Å²) >= 11 is 0. The third-order valence-electron chi connectivity index (χ3n) is 2.94. The zero-order chi connectivity index (χ0) is 15.0. The Hall–Kier alpha value is -1.95. The van der Waals surface area contributed by atoms with Crippen LogP contribution in [0.15, 0.2) is 18.2 Å². The van der Waals surface area contributed by atoms with Gasteiger partial charge in [-0.2, -0.15) is 0 Å². The van der Waals surface area contributed by atoms with Crippen molar-refractivity contribution in [2.75, 3.05) is 31.5 Å². The number of likely N-dealkylation sites (N-methyl/N-ethyl adjacent to an activating group) is 1. The maximum Gasteiger partial charge on any atom is 0.314 e. The van der Waals surface area contributed by atoms with Crippen LogP contribution in [-0.2, 0) is 9.59 Å². The van der Waals surface area contributed by atoms with Crippen LogP contribution >= 0.6 is 0 Å². The fourth-order valence-corrected chi connectivity index (χ4v) is 1.73. The van der Waals surface area contributed by atoms with Crippen LogP contribution in [-0.4, -0.2) is 47.9 Å². The van der Waals surface area contributed by atoms with Gasteiger partial charge in [-0.3, -0.25) is 9.59 Å². The maximum absolute atomic E-state index is 11.7. The van der Waals surface area contributed by atoms with Crippen molar-refractivity contribution in [1.82, 2.24) is 15.2 Å². The molecule has 6 heteroatoms. The predicted octanol–water partition coefficient (Wildman–Crippen LogP) is 0.787. The number of pyridine rings is 1. The van der Waals surface area contributed by atoms with E-state index in [1.165, 1.54) is 0 Å². The summed E-state index contributed by atoms with van der Waals surface area (Å²) in [7, 11) is 0. The van der Waals surface area contributed by atoms with Crippen molar-refractivity contribution in [2.45, 2.75) is 20.8 Å². The van der Waals surface area contributed by atoms with E-state index in [9.17, 15) is 9.59 Å². The number of hydrogen-bond donors (Lipinski definition) is 2. The molecule has 0 unspecified atom stereocenters. The molecule has 0 saturated heterocycles. The van der Waals surface area contributed by atoms with Gasteiger partial charge >= 0.3 is 11.8 Å². The molecule has 0 aliphatic carbocycles. The molecule has 1 rings (SSSR count). The molecule has 0 radical (unpaired) electrons. The molecule has 6 nitrogen and oxygen atoms in total. The van der Waals surface area contributed by atoms with Crippen LogP contribution in [0.4, 0.5) is 5.82 Å². The Kier molecular flexibility index (Phi) is 6.66. The summed E-state index contributed by atoms with van der Waals surface area (Å²) in [6.07, 6.45) is 0. The third-order valence-corrected chi connectivity index (χ3v) is 2.94. The fraction of sp³-hybridized carbons (Fsp3) is 0.500. The molecule has 0 atom stereocenters. The van der Waals surface area contributed by atoms with Crippen molar-refractivity contribution in [2.24, 2.45) is 0 Å². The maximum atomic E-state index is 11.7. The van der Waals surface area contributed by atoms with Crippen LogP contribution in [0, 0.1) is 6.92 Å². The largest absolute Gasteiger partial charge is 0.347 e. The molecule has 0 aliphatic rings. The van der Waals surface area contributed by atoms with E-state index >= 15 is 0 Å². The molecule has 0 aromatic carbocycles. The SMILES string of the molecule is CCN(CC)CCNC(=O)C(=O)Nc1cccc(C)n1. The summed E-state index contributed by atoms with van der Waals surface area (Å²) in [5.74, 6) is -0.947. The summed E-state index contributed by atoms with van der Waals surface area (Å²) in [4.78, 5) is 29.6. The number of nitrogens with one attached hydrogen (secondary N) is 2. The lowest BCUT2D eigenvalue weighted by molar-refractivity contribution is -0.136. The lowest BCUT2D eigenvalue weighted by Gasteiger charge is -2.17. The molecule has 2 amide bonds. The molecule has 20 heavy (non-hydrogen) atoms. The number of aromatic nitrogens is 1. The van der Waals surface area contributed by atoms with E-state index < -0.39 is 11.8 Å². The zero-order valence-corrected chi connectivity index (χ0v) is 12.3. The summed E-state index contributed by atoms with van der Waals surface area (Å²) in [5.41, 5.74) is 0.782. The smallest absolute Gasteiger partial charge is 0.314 e. The van der Waals surface area contributed by atoms with Gasteiger partial charge in [0.1, 0.15) is 5.82 Å². The predicted molar refractivity (Wildman–Crippen MR) is 78.4 cm³/mol. The van der Waals surface area contributed by atoms with E-state index in [4.69, 9.17) is 0 Å². The summed E-state index contributed by atoms with van der Waals surface area (Å²) in [6, 6.07) is 5.24. The third kappa shape index (κ3) is 5.36. The Morgan fingerprint density at radius 3 is 2.50 bits per heavy atom. The molecule has 0 fully saturated rings. The van der Waals surface area contributed by atoms with Crippen LogP contribution in [0.1, 0.15) is 19.5 Å². The van der Waals surface area contributed by atoms with Crippen LogP contribution in [0.3, 0.4) is 0 Å². The molecule has 0 bridgehead atoms. The van der Waals surface area contributed by atoms with E-state index in [1.807, 2.05) is 13.0 Å². The van der Waals surface area contributed by atoms with E-state index in [0.29, 0.717) is 12.4 Å². The second-order valence-corrected chi connectivity index (χ2v) is 4.40. The molecule has 0 aliphatic heterocycles. The van der Waals surface area contributed by atoms with Gasteiger partial charge in [-0.05, 0) is 32.1 Å². The van der Waals surface area contributed by atoms with Crippen molar-refractivity contribution in [3.05, 3.63) is 23.9 Å². The van der Waals surface area contributed by atoms with Gasteiger partial charge in [-0.15, -0.1) is 0 Å². The minimum Gasteiger partial charge on any atom is -0.347 e. The molecule has 1 aromatic heterocycles. The first kappa shape index (κ1) is 16.1. The molecule has 110 valence electrons. The van der Waals surface area contributed by atoms with Crippen molar-refractivity contribution in [1.29, 1.82) is 0 Å². The quantitative estimate of drug-likeness (QED) is 0.754. The number of aryl methyl sites for hydroxylation is 1. The number of amides is 2. The highest BCUT2D eigenvalue weighted by atomic mass is 16.2. The number of carbonyl (C=O) groups excluding carboxylic acids is 2. The molecular weight excluding hydrogens is 256 g/mol. The Balaban J connectivity index is 2.38. The summed E-state index contributed by atoms with van der Waals surface area (Å²) in [5, 5.41) is 5.07. The van der Waals surface area contributed by atoms with Gasteiger partial charge in [0.15, 0.2) is 0 Å². The highest BCUT2D eigenvalue weighted by Crippen LogP contribution is 2.03. The van der Waals surface area contributed by atoms with Gasteiger partial charge in [0.2, 0.25) is 0 Å². The van der Waals surface area contributed by atoms with Crippen molar-refractivity contribution >= 4 is 17.6 Å². The Morgan fingerprint density at radius 2 is 1.90 bits per heavy atom. The van der Waals surface area contributed by atoms with Crippen molar-refractivity contribution < 1.29 is 9.59 Å². The van der Waals surface area contributed by atoms with Gasteiger partial charge < -0.3 is 15.5 Å². The van der Waals surface area contributed by atoms with Gasteiger partial charge in [0.25, 0.3) is 0 Å². The first-order valence-corrected chi connectivity index (χ1v) is 6.82. The highest BCUT2D eigenvalue weighted by Gasteiger charge is 2.13. The first-order chi connectivity index (χ1) is 9.56. The van der Waals surface area contributed by atoms with Crippen LogP contribution in [0.2, 0.25) is 0 Å². The second-order valence-electron chi connectivity index (χ2n) is 4.40. The lowest BCUT2D eigenvalue weighted by atomic mass is 10.3. The standard InChI is InChI=1S/C14H22N4O2/c1-4-18(5-2)10-9-15-13(19)14(20)17-12-8-6-7-11(3)16-12/h6-8H,4-5,9-10H2,1-3H3,(H,15,19)(H,16,17,20). The summed E-state index contributed by atoms with van der Waals surface area (Å²) in [6.45, 7) is 8.96. The van der Waals surface area contributed by atoms with E-state index in [1.54, 1.807) is 12.1 Å². The van der Waals surface area contributed by atoms with Crippen LogP contribution in [0.25, 0.3) is 0 Å². The number of anilines is 1. The normalized spacial score (nSPS) is 10.4. The minimum atomic E-state index is -0.692. The Bertz CT molecular complexity index is 458. The molecular formula is C14H22N4O2. The van der Waals surface area contributed by atoms with Gasteiger partial charge in [-0.1, -0.05) is 19.9 Å². The van der Waals surface area contributed by atoms with E-state index in [-0.39, 0.29) is 0 Å². The minimum absolute atomic E-state index is 0.383. The number of rotatable bonds is 6. The number of carbonyl (C=O) groups is 2. The summed E-state index contributed by atoms with van der Waals surface area (Å²) < 4.78 is 0. The second kappa shape index (κ2) is 8.27. The van der Waals surface area contributed by atoms with Crippen LogP contribution in [0.5, 0.6) is 0 Å². The van der Waals surface area contributed by atoms with Crippen molar-refractivity contribution in [3.8, 4) is 0 Å². The van der Waals surface area contributed by atoms with Crippen molar-refractivity contribution in [3.63, 3.8) is 0 Å². The zero-order valence-electron chi connectivity index (χ0n) is 12.3. The first-order valence-electron chi connectivity index (χ1n) is 6.82. The lowest BCUT2D eigenvalue weighted by Crippen LogP contribution is -2.40. The van der Waals surface area contributed by atoms with E-state index in [2.05, 4.69) is 34.4 Å². The Labute approximate surface area is 119 Å². The topological polar surface area (TPSA) is 74.3 Å². The monoisotopic (exact) mass is 278 g/mol. The molecule has 2 N–H and O–H groups in total.